The summed E-state index contributed by atoms with van der Waals surface area (Å²) >= 11 is 3.19. The molecule has 124 valence electrons. The minimum atomic E-state index is -0.291. The molecular weight excluding hydrogens is 338 g/mol. The van der Waals surface area contributed by atoms with Crippen molar-refractivity contribution in [3.05, 3.63) is 16.8 Å². The van der Waals surface area contributed by atoms with Gasteiger partial charge in [0.15, 0.2) is 4.34 Å². The number of hydrogen-bond donors (Lipinski definition) is 1. The molecule has 0 spiro atoms. The zero-order valence-corrected chi connectivity index (χ0v) is 14.7. The number of ether oxygens (including phenoxy) is 2. The van der Waals surface area contributed by atoms with Crippen molar-refractivity contribution in [3.63, 3.8) is 0 Å². The third kappa shape index (κ3) is 5.32. The van der Waals surface area contributed by atoms with Gasteiger partial charge in [0.2, 0.25) is 5.88 Å². The highest BCUT2D eigenvalue weighted by Crippen LogP contribution is 2.22. The highest BCUT2D eigenvalue weighted by Gasteiger charge is 2.12. The molecule has 0 radical (unpaired) electrons. The fourth-order valence-corrected chi connectivity index (χ4v) is 3.40. The molecule has 2 aromatic heterocycles. The van der Waals surface area contributed by atoms with E-state index in [2.05, 4.69) is 25.5 Å². The van der Waals surface area contributed by atoms with Crippen molar-refractivity contribution in [3.8, 4) is 11.9 Å². The Morgan fingerprint density at radius 2 is 2.13 bits per heavy atom. The van der Waals surface area contributed by atoms with E-state index in [1.807, 2.05) is 6.92 Å². The molecule has 2 aromatic rings. The Bertz CT molecular complexity index is 643. The molecule has 0 saturated heterocycles. The number of aryl methyl sites for hydroxylation is 1. The van der Waals surface area contributed by atoms with Gasteiger partial charge in [0.25, 0.3) is 5.91 Å². The van der Waals surface area contributed by atoms with E-state index in [9.17, 15) is 4.79 Å². The second-order valence-electron chi connectivity index (χ2n) is 4.33. The molecular formula is C13H17N5O3S2. The Morgan fingerprint density at radius 1 is 1.30 bits per heavy atom. The summed E-state index contributed by atoms with van der Waals surface area (Å²) < 4.78 is 10.9. The zero-order chi connectivity index (χ0) is 16.7. The number of methoxy groups -OCH3 is 2. The first kappa shape index (κ1) is 17.4. The van der Waals surface area contributed by atoms with Crippen LogP contribution in [0, 0.1) is 6.92 Å². The maximum atomic E-state index is 12.1. The van der Waals surface area contributed by atoms with Crippen LogP contribution in [-0.4, -0.2) is 52.6 Å². The van der Waals surface area contributed by atoms with Gasteiger partial charge < -0.3 is 14.8 Å². The molecule has 0 fully saturated rings. The maximum Gasteiger partial charge on any atom is 0.320 e. The van der Waals surface area contributed by atoms with Gasteiger partial charge in [0.1, 0.15) is 10.7 Å². The quantitative estimate of drug-likeness (QED) is 0.563. The number of carbonyl (C=O) groups excluding carboxylic acids is 1. The molecule has 0 saturated carbocycles. The minimum absolute atomic E-state index is 0.0942. The van der Waals surface area contributed by atoms with Gasteiger partial charge in [-0.05, 0) is 13.3 Å². The molecule has 1 amide bonds. The lowest BCUT2D eigenvalue weighted by atomic mass is 10.3. The second-order valence-corrected chi connectivity index (χ2v) is 6.85. The van der Waals surface area contributed by atoms with Crippen LogP contribution < -0.4 is 14.8 Å². The lowest BCUT2D eigenvalue weighted by molar-refractivity contribution is 0.0947. The standard InChI is InChI=1S/C13H17N5O3S2/c1-8-17-18-13(23-8)22-6-4-5-14-11(19)9-7-10(20-2)16-12(15-9)21-3/h7H,4-6H2,1-3H3,(H,14,19). The first-order valence-corrected chi connectivity index (χ1v) is 8.60. The third-order valence-electron chi connectivity index (χ3n) is 2.65. The van der Waals surface area contributed by atoms with Gasteiger partial charge in [-0.25, -0.2) is 0 Å². The Balaban J connectivity index is 1.78. The van der Waals surface area contributed by atoms with Gasteiger partial charge in [-0.15, -0.1) is 10.2 Å². The molecule has 23 heavy (non-hydrogen) atoms. The van der Waals surface area contributed by atoms with Gasteiger partial charge in [0.05, 0.1) is 14.2 Å². The third-order valence-corrected chi connectivity index (χ3v) is 4.70. The van der Waals surface area contributed by atoms with Crippen molar-refractivity contribution in [2.45, 2.75) is 17.7 Å². The second kappa shape index (κ2) is 8.63. The SMILES string of the molecule is COc1cc(C(=O)NCCCSc2nnc(C)s2)nc(OC)n1. The van der Waals surface area contributed by atoms with Crippen molar-refractivity contribution >= 4 is 29.0 Å². The van der Waals surface area contributed by atoms with E-state index in [1.165, 1.54) is 20.3 Å². The van der Waals surface area contributed by atoms with Gasteiger partial charge in [-0.2, -0.15) is 9.97 Å². The molecule has 8 nitrogen and oxygen atoms in total. The highest BCUT2D eigenvalue weighted by molar-refractivity contribution is 8.01. The lowest BCUT2D eigenvalue weighted by Gasteiger charge is -2.07. The number of nitrogens with one attached hydrogen (secondary N) is 1. The average Bonchev–Trinajstić information content (AvgIpc) is 2.99. The smallest absolute Gasteiger partial charge is 0.320 e. The number of amides is 1. The van der Waals surface area contributed by atoms with Crippen molar-refractivity contribution in [1.82, 2.24) is 25.5 Å². The number of thioether (sulfide) groups is 1. The number of rotatable bonds is 8. The topological polar surface area (TPSA) is 99.1 Å². The predicted molar refractivity (Wildman–Crippen MR) is 87.5 cm³/mol. The zero-order valence-electron chi connectivity index (χ0n) is 13.0. The lowest BCUT2D eigenvalue weighted by Crippen LogP contribution is -2.26. The first-order chi connectivity index (χ1) is 11.1. The van der Waals surface area contributed by atoms with Crippen LogP contribution in [0.1, 0.15) is 21.9 Å². The molecule has 2 heterocycles. The van der Waals surface area contributed by atoms with Crippen LogP contribution in [0.25, 0.3) is 0 Å². The van der Waals surface area contributed by atoms with Gasteiger partial charge >= 0.3 is 6.01 Å². The van der Waals surface area contributed by atoms with Crippen molar-refractivity contribution in [2.75, 3.05) is 26.5 Å². The van der Waals surface area contributed by atoms with E-state index in [4.69, 9.17) is 9.47 Å². The Kier molecular flexibility index (Phi) is 6.53. The molecule has 0 bridgehead atoms. The molecule has 2 rings (SSSR count). The van der Waals surface area contributed by atoms with Gasteiger partial charge in [-0.3, -0.25) is 4.79 Å². The Hall–Kier alpha value is -1.94. The molecule has 0 aliphatic rings. The van der Waals surface area contributed by atoms with Crippen molar-refractivity contribution in [2.24, 2.45) is 0 Å². The highest BCUT2D eigenvalue weighted by atomic mass is 32.2. The minimum Gasteiger partial charge on any atom is -0.481 e. The van der Waals surface area contributed by atoms with Crippen LogP contribution in [0.4, 0.5) is 0 Å². The molecule has 1 N–H and O–H groups in total. The Morgan fingerprint density at radius 3 is 2.78 bits per heavy atom. The summed E-state index contributed by atoms with van der Waals surface area (Å²) in [7, 11) is 2.90. The van der Waals surface area contributed by atoms with Crippen LogP contribution >= 0.6 is 23.1 Å². The summed E-state index contributed by atoms with van der Waals surface area (Å²) in [5, 5.41) is 11.7. The van der Waals surface area contributed by atoms with Crippen LogP contribution in [0.5, 0.6) is 11.9 Å². The van der Waals surface area contributed by atoms with E-state index >= 15 is 0 Å². The molecule has 0 aliphatic heterocycles. The average molecular weight is 355 g/mol. The summed E-state index contributed by atoms with van der Waals surface area (Å²) in [5.74, 6) is 0.843. The summed E-state index contributed by atoms with van der Waals surface area (Å²) in [4.78, 5) is 20.0. The fraction of sp³-hybridized carbons (Fsp3) is 0.462. The van der Waals surface area contributed by atoms with Crippen LogP contribution in [0.2, 0.25) is 0 Å². The molecule has 0 unspecified atom stereocenters. The monoisotopic (exact) mass is 355 g/mol. The van der Waals surface area contributed by atoms with E-state index in [1.54, 1.807) is 23.1 Å². The summed E-state index contributed by atoms with van der Waals surface area (Å²) in [5.41, 5.74) is 0.209. The van der Waals surface area contributed by atoms with Crippen molar-refractivity contribution < 1.29 is 14.3 Å². The van der Waals surface area contributed by atoms with Crippen LogP contribution in [-0.2, 0) is 0 Å². The number of aromatic nitrogens is 4. The summed E-state index contributed by atoms with van der Waals surface area (Å²) in [6, 6.07) is 1.56. The molecule has 0 aromatic carbocycles. The summed E-state index contributed by atoms with van der Waals surface area (Å²) in [6.45, 7) is 2.46. The van der Waals surface area contributed by atoms with E-state index in [0.717, 1.165) is 21.5 Å². The number of hydrogen-bond acceptors (Lipinski definition) is 9. The summed E-state index contributed by atoms with van der Waals surface area (Å²) in [6.07, 6.45) is 0.814. The molecule has 0 atom stereocenters. The normalized spacial score (nSPS) is 10.4. The maximum absolute atomic E-state index is 12.1. The van der Waals surface area contributed by atoms with Gasteiger partial charge in [-0.1, -0.05) is 23.1 Å². The largest absolute Gasteiger partial charge is 0.481 e. The van der Waals surface area contributed by atoms with Crippen molar-refractivity contribution in [1.29, 1.82) is 0 Å². The van der Waals surface area contributed by atoms with E-state index < -0.39 is 0 Å². The molecule has 10 heteroatoms. The fourth-order valence-electron chi connectivity index (χ4n) is 1.58. The van der Waals surface area contributed by atoms with Gasteiger partial charge in [0, 0.05) is 18.4 Å². The van der Waals surface area contributed by atoms with Crippen LogP contribution in [0.15, 0.2) is 10.4 Å². The van der Waals surface area contributed by atoms with E-state index in [-0.39, 0.29) is 23.5 Å². The predicted octanol–water partition coefficient (Wildman–Crippen LogP) is 1.57. The Labute approximate surface area is 142 Å². The molecule has 0 aliphatic carbocycles. The first-order valence-electron chi connectivity index (χ1n) is 6.80. The van der Waals surface area contributed by atoms with Crippen LogP contribution in [0.3, 0.4) is 0 Å². The number of nitrogens with zero attached hydrogens (tertiary/aromatic N) is 4. The van der Waals surface area contributed by atoms with E-state index in [0.29, 0.717) is 6.54 Å². The number of carbonyl (C=O) groups is 1.